The predicted molar refractivity (Wildman–Crippen MR) is 113 cm³/mol. The molecule has 1 atom stereocenters. The van der Waals surface area contributed by atoms with E-state index < -0.39 is 6.04 Å². The summed E-state index contributed by atoms with van der Waals surface area (Å²) in [4.78, 5) is 35.2. The molecule has 0 aromatic heterocycles. The molecule has 3 heterocycles. The van der Waals surface area contributed by atoms with E-state index in [1.54, 1.807) is 13.1 Å². The minimum absolute atomic E-state index is 0.263. The lowest BCUT2D eigenvalue weighted by atomic mass is 10.1. The van der Waals surface area contributed by atoms with Gasteiger partial charge in [-0.05, 0) is 48.6 Å². The Bertz CT molecular complexity index is 923. The highest BCUT2D eigenvalue weighted by Crippen LogP contribution is 2.25. The van der Waals surface area contributed by atoms with E-state index in [1.807, 2.05) is 16.7 Å². The van der Waals surface area contributed by atoms with Gasteiger partial charge in [0.25, 0.3) is 17.8 Å². The molecule has 7 nitrogen and oxygen atoms in total. The van der Waals surface area contributed by atoms with Crippen LogP contribution >= 0.6 is 23.2 Å². The first-order valence-corrected chi connectivity index (χ1v) is 10.5. The maximum atomic E-state index is 13.0. The van der Waals surface area contributed by atoms with Gasteiger partial charge in [0.05, 0.1) is 10.0 Å². The van der Waals surface area contributed by atoms with E-state index in [0.717, 1.165) is 29.4 Å². The van der Waals surface area contributed by atoms with Crippen LogP contribution in [0.15, 0.2) is 23.2 Å². The lowest BCUT2D eigenvalue weighted by molar-refractivity contribution is -0.552. The van der Waals surface area contributed by atoms with Crippen molar-refractivity contribution in [3.8, 4) is 0 Å². The molecule has 1 unspecified atom stereocenters. The molecule has 9 heteroatoms. The average Bonchev–Trinajstić information content (AvgIpc) is 3.06. The first-order valence-electron chi connectivity index (χ1n) is 9.79. The standard InChI is InChI=1S/C20H24Cl2N5O2/c1-24-18-17(19(28)25(2)20(24)29)27(11-13-6-7-14(21)15(22)10-13)16(23-18)12-26-8-4-3-5-9-26/h6-7,10,17H,3-5,8-9,11-12H2,1-2H3/q+1. The van der Waals surface area contributed by atoms with Crippen LogP contribution in [-0.4, -0.2) is 82.7 Å². The summed E-state index contributed by atoms with van der Waals surface area (Å²) in [7, 11) is 3.18. The van der Waals surface area contributed by atoms with Crippen molar-refractivity contribution in [3.63, 3.8) is 0 Å². The molecule has 0 aliphatic carbocycles. The Morgan fingerprint density at radius 2 is 1.79 bits per heavy atom. The summed E-state index contributed by atoms with van der Waals surface area (Å²) in [6, 6.07) is 4.49. The highest BCUT2D eigenvalue weighted by Gasteiger charge is 2.53. The number of aliphatic imine (C=N–C) groups is 1. The molecule has 2 fully saturated rings. The minimum Gasteiger partial charge on any atom is -0.292 e. The maximum absolute atomic E-state index is 13.0. The topological polar surface area (TPSA) is 59.2 Å². The van der Waals surface area contributed by atoms with Crippen LogP contribution in [0.25, 0.3) is 0 Å². The molecule has 3 aliphatic heterocycles. The average molecular weight is 437 g/mol. The van der Waals surface area contributed by atoms with E-state index in [9.17, 15) is 9.59 Å². The molecule has 154 valence electrons. The smallest absolute Gasteiger partial charge is 0.292 e. The molecule has 0 radical (unpaired) electrons. The van der Waals surface area contributed by atoms with Crippen molar-refractivity contribution in [2.75, 3.05) is 33.7 Å². The van der Waals surface area contributed by atoms with Gasteiger partial charge in [0.15, 0.2) is 0 Å². The van der Waals surface area contributed by atoms with Crippen molar-refractivity contribution in [1.29, 1.82) is 0 Å². The summed E-state index contributed by atoms with van der Waals surface area (Å²) in [5, 5.41) is 0.964. The predicted octanol–water partition coefficient (Wildman–Crippen LogP) is 2.69. The number of amidine groups is 2. The van der Waals surface area contributed by atoms with E-state index in [1.165, 1.54) is 31.2 Å². The van der Waals surface area contributed by atoms with Crippen molar-refractivity contribution in [1.82, 2.24) is 14.7 Å². The zero-order valence-corrected chi connectivity index (χ0v) is 18.1. The van der Waals surface area contributed by atoms with Crippen LogP contribution in [0, 0.1) is 0 Å². The molecule has 0 spiro atoms. The second kappa shape index (κ2) is 8.05. The van der Waals surface area contributed by atoms with Crippen molar-refractivity contribution >= 4 is 46.8 Å². The normalized spacial score (nSPS) is 23.0. The van der Waals surface area contributed by atoms with Gasteiger partial charge in [-0.25, -0.2) is 9.37 Å². The van der Waals surface area contributed by atoms with Crippen molar-refractivity contribution in [2.24, 2.45) is 4.99 Å². The van der Waals surface area contributed by atoms with Gasteiger partial charge in [-0.2, -0.15) is 0 Å². The second-order valence-electron chi connectivity index (χ2n) is 7.74. The molecule has 29 heavy (non-hydrogen) atoms. The van der Waals surface area contributed by atoms with Crippen LogP contribution in [0.3, 0.4) is 0 Å². The third-order valence-electron chi connectivity index (χ3n) is 5.76. The second-order valence-corrected chi connectivity index (χ2v) is 8.56. The Morgan fingerprint density at radius 3 is 2.48 bits per heavy atom. The number of benzene rings is 1. The van der Waals surface area contributed by atoms with Gasteiger partial charge in [0, 0.05) is 14.1 Å². The largest absolute Gasteiger partial charge is 0.333 e. The van der Waals surface area contributed by atoms with E-state index in [0.29, 0.717) is 29.0 Å². The Kier molecular flexibility index (Phi) is 5.64. The number of fused-ring (bicyclic) bond motifs is 1. The first-order chi connectivity index (χ1) is 13.9. The molecule has 1 aromatic rings. The fourth-order valence-electron chi connectivity index (χ4n) is 4.11. The van der Waals surface area contributed by atoms with Gasteiger partial charge in [0.2, 0.25) is 0 Å². The van der Waals surface area contributed by atoms with Gasteiger partial charge in [0.1, 0.15) is 13.1 Å². The Morgan fingerprint density at radius 1 is 1.07 bits per heavy atom. The molecule has 4 rings (SSSR count). The number of hydrogen-bond acceptors (Lipinski definition) is 4. The van der Waals surface area contributed by atoms with E-state index in [4.69, 9.17) is 28.2 Å². The highest BCUT2D eigenvalue weighted by molar-refractivity contribution is 6.42. The van der Waals surface area contributed by atoms with E-state index >= 15 is 0 Å². The van der Waals surface area contributed by atoms with Gasteiger partial charge in [-0.1, -0.05) is 35.7 Å². The zero-order valence-electron chi connectivity index (χ0n) is 16.6. The molecule has 3 aliphatic rings. The molecule has 2 saturated heterocycles. The summed E-state index contributed by atoms with van der Waals surface area (Å²) in [5.74, 6) is 1.03. The molecule has 0 N–H and O–H groups in total. The third kappa shape index (κ3) is 3.79. The number of likely N-dealkylation sites (tertiary alicyclic amines) is 1. The van der Waals surface area contributed by atoms with E-state index in [-0.39, 0.29) is 11.9 Å². The van der Waals surface area contributed by atoms with Crippen LogP contribution in [-0.2, 0) is 11.3 Å². The van der Waals surface area contributed by atoms with Crippen LogP contribution < -0.4 is 0 Å². The number of carbonyl (C=O) groups is 2. The summed E-state index contributed by atoms with van der Waals surface area (Å²) in [5.41, 5.74) is 0.932. The molecular formula is C20H24Cl2N5O2+. The van der Waals surface area contributed by atoms with Crippen LogP contribution in [0.1, 0.15) is 24.8 Å². The van der Waals surface area contributed by atoms with E-state index in [2.05, 4.69) is 4.90 Å². The fraction of sp³-hybridized carbons (Fsp3) is 0.500. The SMILES string of the molecule is CN1C(=O)C2C(=NC(CN3CCCCC3)=[N+]2Cc2ccc(Cl)c(Cl)c2)N(C)C1=O. The monoisotopic (exact) mass is 436 g/mol. The van der Waals surface area contributed by atoms with Crippen LogP contribution in [0.4, 0.5) is 4.79 Å². The van der Waals surface area contributed by atoms with Gasteiger partial charge in [-0.15, -0.1) is 0 Å². The highest BCUT2D eigenvalue weighted by atomic mass is 35.5. The Labute approximate surface area is 180 Å². The number of piperidine rings is 1. The fourth-order valence-corrected chi connectivity index (χ4v) is 4.43. The molecule has 3 amide bonds. The summed E-state index contributed by atoms with van der Waals surface area (Å²) >= 11 is 12.3. The molecule has 0 bridgehead atoms. The van der Waals surface area contributed by atoms with Gasteiger partial charge in [-0.3, -0.25) is 19.5 Å². The number of nitrogens with zero attached hydrogens (tertiary/aromatic N) is 5. The quantitative estimate of drug-likeness (QED) is 0.681. The number of imide groups is 1. The van der Waals surface area contributed by atoms with Crippen molar-refractivity contribution in [3.05, 3.63) is 33.8 Å². The van der Waals surface area contributed by atoms with Crippen LogP contribution in [0.5, 0.6) is 0 Å². The Hall–Kier alpha value is -1.96. The lowest BCUT2D eigenvalue weighted by Gasteiger charge is -2.30. The van der Waals surface area contributed by atoms with Gasteiger partial charge >= 0.3 is 11.9 Å². The number of rotatable bonds is 4. The summed E-state index contributed by atoms with van der Waals surface area (Å²) in [6.45, 7) is 3.14. The van der Waals surface area contributed by atoms with Crippen molar-refractivity contribution < 1.29 is 14.2 Å². The summed E-state index contributed by atoms with van der Waals surface area (Å²) < 4.78 is 1.99. The number of halogens is 2. The van der Waals surface area contributed by atoms with Crippen molar-refractivity contribution in [2.45, 2.75) is 31.8 Å². The molecular weight excluding hydrogens is 413 g/mol. The third-order valence-corrected chi connectivity index (χ3v) is 6.50. The number of likely N-dealkylation sites (N-methyl/N-ethyl adjacent to an activating group) is 2. The number of carbonyl (C=O) groups excluding carboxylic acids is 2. The maximum Gasteiger partial charge on any atom is 0.333 e. The molecule has 0 saturated carbocycles. The minimum atomic E-state index is -0.614. The number of amides is 3. The number of hydrogen-bond donors (Lipinski definition) is 0. The zero-order chi connectivity index (χ0) is 20.7. The number of urea groups is 1. The Balaban J connectivity index is 1.71. The first kappa shape index (κ1) is 20.3. The van der Waals surface area contributed by atoms with Crippen LogP contribution in [0.2, 0.25) is 10.0 Å². The molecule has 1 aromatic carbocycles. The van der Waals surface area contributed by atoms with Gasteiger partial charge < -0.3 is 0 Å². The summed E-state index contributed by atoms with van der Waals surface area (Å²) in [6.07, 6.45) is 3.58. The lowest BCUT2D eigenvalue weighted by Crippen LogP contribution is -2.61.